The molecule has 0 saturated heterocycles. The first-order valence-corrected chi connectivity index (χ1v) is 4.82. The lowest BCUT2D eigenvalue weighted by atomic mass is 10.1. The van der Waals surface area contributed by atoms with Crippen LogP contribution in [0.5, 0.6) is 0 Å². The molecule has 2 rings (SSSR count). The maximum absolute atomic E-state index is 13.3. The highest BCUT2D eigenvalue weighted by Gasteiger charge is 2.39. The van der Waals surface area contributed by atoms with Gasteiger partial charge in [-0.15, -0.1) is 0 Å². The third-order valence-corrected chi connectivity index (χ3v) is 2.75. The van der Waals surface area contributed by atoms with E-state index in [1.807, 2.05) is 7.05 Å². The summed E-state index contributed by atoms with van der Waals surface area (Å²) in [7, 11) is 1.87. The first kappa shape index (κ1) is 9.59. The molecule has 0 radical (unpaired) electrons. The van der Waals surface area contributed by atoms with E-state index in [0.717, 1.165) is 19.0 Å². The lowest BCUT2D eigenvalue weighted by molar-refractivity contribution is 0.579. The van der Waals surface area contributed by atoms with Crippen LogP contribution in [0.2, 0.25) is 0 Å². The molecule has 0 unspecified atom stereocenters. The van der Waals surface area contributed by atoms with E-state index in [-0.39, 0.29) is 17.6 Å². The van der Waals surface area contributed by atoms with E-state index < -0.39 is 0 Å². The van der Waals surface area contributed by atoms with Gasteiger partial charge in [-0.1, -0.05) is 0 Å². The molecule has 0 spiro atoms. The number of benzene rings is 1. The maximum atomic E-state index is 13.3. The van der Waals surface area contributed by atoms with E-state index in [1.54, 1.807) is 0 Å². The van der Waals surface area contributed by atoms with Crippen LogP contribution < -0.4 is 5.32 Å². The van der Waals surface area contributed by atoms with Crippen molar-refractivity contribution in [2.75, 3.05) is 13.6 Å². The fraction of sp³-hybridized carbons (Fsp3) is 0.455. The third kappa shape index (κ3) is 1.77. The highest BCUT2D eigenvalue weighted by Crippen LogP contribution is 2.47. The molecule has 1 fully saturated rings. The van der Waals surface area contributed by atoms with Crippen molar-refractivity contribution in [3.05, 3.63) is 35.4 Å². The summed E-state index contributed by atoms with van der Waals surface area (Å²) in [5, 5.41) is 3.05. The summed E-state index contributed by atoms with van der Waals surface area (Å²) in [6.45, 7) is 0.876. The zero-order valence-corrected chi connectivity index (χ0v) is 8.06. The molecule has 0 heterocycles. The van der Waals surface area contributed by atoms with Crippen LogP contribution in [0.4, 0.5) is 8.78 Å². The van der Waals surface area contributed by atoms with Crippen molar-refractivity contribution in [2.24, 2.45) is 5.92 Å². The fourth-order valence-corrected chi connectivity index (χ4v) is 1.92. The standard InChI is InChI=1S/C11H13F2N/c1-14-6-7-4-9(7)10-5-8(12)2-3-11(10)13/h2-3,5,7,9,14H,4,6H2,1H3/t7-,9-/m0/s1. The van der Waals surface area contributed by atoms with Gasteiger partial charge in [0.2, 0.25) is 0 Å². The van der Waals surface area contributed by atoms with Gasteiger partial charge in [0, 0.05) is 0 Å². The molecule has 14 heavy (non-hydrogen) atoms. The molecule has 0 amide bonds. The van der Waals surface area contributed by atoms with E-state index >= 15 is 0 Å². The Hall–Kier alpha value is -0.960. The van der Waals surface area contributed by atoms with Crippen molar-refractivity contribution in [3.8, 4) is 0 Å². The second-order valence-electron chi connectivity index (χ2n) is 3.83. The second kappa shape index (κ2) is 3.65. The molecule has 1 N–H and O–H groups in total. The van der Waals surface area contributed by atoms with Crippen molar-refractivity contribution < 1.29 is 8.78 Å². The maximum Gasteiger partial charge on any atom is 0.126 e. The van der Waals surface area contributed by atoms with Crippen LogP contribution in [-0.2, 0) is 0 Å². The van der Waals surface area contributed by atoms with Crippen LogP contribution in [0.3, 0.4) is 0 Å². The van der Waals surface area contributed by atoms with E-state index in [0.29, 0.717) is 11.5 Å². The molecule has 0 aromatic heterocycles. The first-order valence-electron chi connectivity index (χ1n) is 4.82. The summed E-state index contributed by atoms with van der Waals surface area (Å²) in [5.74, 6) is 0.0426. The number of halogens is 2. The SMILES string of the molecule is CNC[C@@H]1C[C@@H]1c1cc(F)ccc1F. The first-order chi connectivity index (χ1) is 6.72. The quantitative estimate of drug-likeness (QED) is 0.784. The molecular formula is C11H13F2N. The molecule has 1 nitrogen and oxygen atoms in total. The van der Waals surface area contributed by atoms with Crippen molar-refractivity contribution in [3.63, 3.8) is 0 Å². The topological polar surface area (TPSA) is 12.0 Å². The molecule has 2 atom stereocenters. The van der Waals surface area contributed by atoms with Gasteiger partial charge in [0.05, 0.1) is 0 Å². The fourth-order valence-electron chi connectivity index (χ4n) is 1.92. The Morgan fingerprint density at radius 1 is 1.43 bits per heavy atom. The van der Waals surface area contributed by atoms with Gasteiger partial charge in [-0.2, -0.15) is 0 Å². The minimum Gasteiger partial charge on any atom is -0.319 e. The molecule has 3 heteroatoms. The average molecular weight is 197 g/mol. The number of hydrogen-bond donors (Lipinski definition) is 1. The largest absolute Gasteiger partial charge is 0.319 e. The molecule has 0 bridgehead atoms. The van der Waals surface area contributed by atoms with Gasteiger partial charge >= 0.3 is 0 Å². The molecule has 1 aromatic carbocycles. The van der Waals surface area contributed by atoms with Gasteiger partial charge in [-0.3, -0.25) is 0 Å². The van der Waals surface area contributed by atoms with Crippen LogP contribution >= 0.6 is 0 Å². The van der Waals surface area contributed by atoms with E-state index in [9.17, 15) is 8.78 Å². The summed E-state index contributed by atoms with van der Waals surface area (Å²) in [6, 6.07) is 3.68. The summed E-state index contributed by atoms with van der Waals surface area (Å²) < 4.78 is 26.2. The number of hydrogen-bond acceptors (Lipinski definition) is 1. The zero-order chi connectivity index (χ0) is 10.1. The Morgan fingerprint density at radius 3 is 2.93 bits per heavy atom. The summed E-state index contributed by atoms with van der Waals surface area (Å²) in [5.41, 5.74) is 0.533. The van der Waals surface area contributed by atoms with Crippen LogP contribution in [0.25, 0.3) is 0 Å². The predicted octanol–water partition coefficient (Wildman–Crippen LogP) is 2.29. The molecule has 1 aliphatic rings. The van der Waals surface area contributed by atoms with Gasteiger partial charge < -0.3 is 5.32 Å². The summed E-state index contributed by atoms with van der Waals surface area (Å²) in [4.78, 5) is 0. The Balaban J connectivity index is 2.14. The average Bonchev–Trinajstić information content (AvgIpc) is 2.89. The third-order valence-electron chi connectivity index (χ3n) is 2.75. The minimum absolute atomic E-state index is 0.207. The summed E-state index contributed by atoms with van der Waals surface area (Å²) in [6.07, 6.45) is 0.960. The predicted molar refractivity (Wildman–Crippen MR) is 51.1 cm³/mol. The highest BCUT2D eigenvalue weighted by atomic mass is 19.1. The van der Waals surface area contributed by atoms with Crippen molar-refractivity contribution >= 4 is 0 Å². The van der Waals surface area contributed by atoms with Crippen molar-refractivity contribution in [2.45, 2.75) is 12.3 Å². The molecule has 1 aliphatic carbocycles. The van der Waals surface area contributed by atoms with E-state index in [4.69, 9.17) is 0 Å². The monoisotopic (exact) mass is 197 g/mol. The number of nitrogens with one attached hydrogen (secondary N) is 1. The normalized spacial score (nSPS) is 25.1. The van der Waals surface area contributed by atoms with Crippen LogP contribution in [0.15, 0.2) is 18.2 Å². The molecule has 76 valence electrons. The Bertz CT molecular complexity index is 338. The smallest absolute Gasteiger partial charge is 0.126 e. The Kier molecular flexibility index (Phi) is 2.50. The van der Waals surface area contributed by atoms with E-state index in [1.165, 1.54) is 12.1 Å². The Labute approximate surface area is 82.1 Å². The van der Waals surface area contributed by atoms with Crippen LogP contribution in [0, 0.1) is 17.6 Å². The van der Waals surface area contributed by atoms with Crippen LogP contribution in [-0.4, -0.2) is 13.6 Å². The van der Waals surface area contributed by atoms with Gasteiger partial charge in [-0.25, -0.2) is 8.78 Å². The van der Waals surface area contributed by atoms with Crippen molar-refractivity contribution in [1.82, 2.24) is 5.32 Å². The van der Waals surface area contributed by atoms with Gasteiger partial charge in [0.1, 0.15) is 11.6 Å². The van der Waals surface area contributed by atoms with Gasteiger partial charge in [0.25, 0.3) is 0 Å². The highest BCUT2D eigenvalue weighted by molar-refractivity contribution is 5.28. The van der Waals surface area contributed by atoms with Crippen molar-refractivity contribution in [1.29, 1.82) is 0 Å². The molecule has 1 saturated carbocycles. The molecule has 0 aliphatic heterocycles. The molecule has 1 aromatic rings. The van der Waals surface area contributed by atoms with Gasteiger partial charge in [-0.05, 0) is 55.6 Å². The van der Waals surface area contributed by atoms with E-state index in [2.05, 4.69) is 5.32 Å². The van der Waals surface area contributed by atoms with Crippen LogP contribution in [0.1, 0.15) is 17.9 Å². The summed E-state index contributed by atoms with van der Waals surface area (Å²) >= 11 is 0. The lowest BCUT2D eigenvalue weighted by Crippen LogP contribution is -2.10. The minimum atomic E-state index is -0.350. The second-order valence-corrected chi connectivity index (χ2v) is 3.83. The molecular weight excluding hydrogens is 184 g/mol. The lowest BCUT2D eigenvalue weighted by Gasteiger charge is -2.02. The number of rotatable bonds is 3. The zero-order valence-electron chi connectivity index (χ0n) is 8.06. The Morgan fingerprint density at radius 2 is 2.21 bits per heavy atom. The van der Waals surface area contributed by atoms with Gasteiger partial charge in [0.15, 0.2) is 0 Å².